The van der Waals surface area contributed by atoms with E-state index in [1.54, 1.807) is 0 Å². The van der Waals surface area contributed by atoms with Gasteiger partial charge in [0.15, 0.2) is 0 Å². The Balaban J connectivity index is 1.71. The molecule has 1 aliphatic heterocycles. The van der Waals surface area contributed by atoms with Crippen LogP contribution in [0, 0.1) is 6.92 Å². The SMILES string of the molecule is CCn1cc(CN2CCC[C@H]2c2nc(N(C)C)ncc2-c2ccc(Cl)cc2)c(C)n1. The molecule has 0 N–H and O–H groups in total. The second kappa shape index (κ2) is 8.74. The summed E-state index contributed by atoms with van der Waals surface area (Å²) in [6.07, 6.45) is 6.38. The van der Waals surface area contributed by atoms with Crippen LogP contribution >= 0.6 is 11.6 Å². The molecule has 0 unspecified atom stereocenters. The van der Waals surface area contributed by atoms with Crippen LogP contribution in [-0.4, -0.2) is 45.3 Å². The number of aromatic nitrogens is 4. The topological polar surface area (TPSA) is 50.1 Å². The average Bonchev–Trinajstić information content (AvgIpc) is 3.35. The van der Waals surface area contributed by atoms with Gasteiger partial charge in [0.1, 0.15) is 0 Å². The lowest BCUT2D eigenvalue weighted by Crippen LogP contribution is -2.25. The maximum Gasteiger partial charge on any atom is 0.225 e. The standard InChI is InChI=1S/C23H29ClN6/c1-5-30-15-18(16(2)27-30)14-29-12-6-7-21(29)22-20(13-25-23(26-22)28(3)4)17-8-10-19(24)11-9-17/h8-11,13,15,21H,5-7,12,14H2,1-4H3/t21-/m0/s1. The summed E-state index contributed by atoms with van der Waals surface area (Å²) in [5, 5.41) is 5.36. The molecule has 4 rings (SSSR count). The molecule has 1 aliphatic rings. The number of benzene rings is 1. The molecule has 1 fully saturated rings. The van der Waals surface area contributed by atoms with Crippen molar-refractivity contribution in [3.8, 4) is 11.1 Å². The zero-order chi connectivity index (χ0) is 21.3. The van der Waals surface area contributed by atoms with Gasteiger partial charge in [-0.2, -0.15) is 5.10 Å². The van der Waals surface area contributed by atoms with Crippen LogP contribution in [0.3, 0.4) is 0 Å². The number of aryl methyl sites for hydroxylation is 2. The molecule has 3 aromatic rings. The third kappa shape index (κ3) is 4.20. The van der Waals surface area contributed by atoms with Crippen LogP contribution in [0.4, 0.5) is 5.95 Å². The fourth-order valence-electron chi connectivity index (χ4n) is 4.13. The van der Waals surface area contributed by atoms with Gasteiger partial charge in [0.05, 0.1) is 17.4 Å². The van der Waals surface area contributed by atoms with E-state index in [9.17, 15) is 0 Å². The second-order valence-electron chi connectivity index (χ2n) is 8.09. The van der Waals surface area contributed by atoms with Gasteiger partial charge in [-0.05, 0) is 50.9 Å². The van der Waals surface area contributed by atoms with Crippen LogP contribution in [0.5, 0.6) is 0 Å². The highest BCUT2D eigenvalue weighted by Crippen LogP contribution is 2.38. The summed E-state index contributed by atoms with van der Waals surface area (Å²) < 4.78 is 2.02. The molecule has 30 heavy (non-hydrogen) atoms. The van der Waals surface area contributed by atoms with E-state index in [-0.39, 0.29) is 6.04 Å². The maximum absolute atomic E-state index is 6.12. The molecule has 6 nitrogen and oxygen atoms in total. The van der Waals surface area contributed by atoms with E-state index in [0.29, 0.717) is 0 Å². The van der Waals surface area contributed by atoms with E-state index in [0.717, 1.165) is 66.0 Å². The Morgan fingerprint density at radius 1 is 1.20 bits per heavy atom. The van der Waals surface area contributed by atoms with Crippen molar-refractivity contribution in [2.75, 3.05) is 25.5 Å². The first-order valence-corrected chi connectivity index (χ1v) is 10.9. The van der Waals surface area contributed by atoms with Gasteiger partial charge in [-0.1, -0.05) is 23.7 Å². The van der Waals surface area contributed by atoms with Gasteiger partial charge in [0.2, 0.25) is 5.95 Å². The quantitative estimate of drug-likeness (QED) is 0.572. The first kappa shape index (κ1) is 20.8. The summed E-state index contributed by atoms with van der Waals surface area (Å²) in [6, 6.07) is 8.20. The van der Waals surface area contributed by atoms with E-state index in [1.807, 2.05) is 42.0 Å². The lowest BCUT2D eigenvalue weighted by molar-refractivity contribution is 0.244. The average molecular weight is 425 g/mol. The molecule has 0 amide bonds. The summed E-state index contributed by atoms with van der Waals surface area (Å²) in [5.41, 5.74) is 5.67. The molecule has 2 aromatic heterocycles. The van der Waals surface area contributed by atoms with Crippen molar-refractivity contribution in [3.05, 3.63) is 58.6 Å². The maximum atomic E-state index is 6.12. The minimum absolute atomic E-state index is 0.252. The van der Waals surface area contributed by atoms with Crippen molar-refractivity contribution in [2.24, 2.45) is 0 Å². The molecular weight excluding hydrogens is 396 g/mol. The van der Waals surface area contributed by atoms with Gasteiger partial charge < -0.3 is 4.90 Å². The van der Waals surface area contributed by atoms with E-state index in [2.05, 4.69) is 47.2 Å². The minimum Gasteiger partial charge on any atom is -0.347 e. The molecule has 0 saturated carbocycles. The number of halogens is 1. The van der Waals surface area contributed by atoms with Crippen molar-refractivity contribution in [1.29, 1.82) is 0 Å². The molecule has 0 radical (unpaired) electrons. The highest BCUT2D eigenvalue weighted by atomic mass is 35.5. The monoisotopic (exact) mass is 424 g/mol. The summed E-state index contributed by atoms with van der Waals surface area (Å²) in [6.45, 7) is 7.06. The first-order valence-electron chi connectivity index (χ1n) is 10.5. The Morgan fingerprint density at radius 2 is 1.97 bits per heavy atom. The molecule has 0 bridgehead atoms. The molecule has 0 aliphatic carbocycles. The fraction of sp³-hybridized carbons (Fsp3) is 0.435. The molecule has 1 aromatic carbocycles. The van der Waals surface area contributed by atoms with Crippen LogP contribution in [0.25, 0.3) is 11.1 Å². The second-order valence-corrected chi connectivity index (χ2v) is 8.53. The van der Waals surface area contributed by atoms with Gasteiger partial charge in [-0.15, -0.1) is 0 Å². The molecule has 7 heteroatoms. The van der Waals surface area contributed by atoms with Gasteiger partial charge in [-0.3, -0.25) is 9.58 Å². The fourth-order valence-corrected chi connectivity index (χ4v) is 4.25. The van der Waals surface area contributed by atoms with Gasteiger partial charge in [-0.25, -0.2) is 9.97 Å². The Labute approximate surface area is 183 Å². The Hall–Kier alpha value is -2.44. The van der Waals surface area contributed by atoms with Crippen LogP contribution in [-0.2, 0) is 13.1 Å². The third-order valence-corrected chi connectivity index (χ3v) is 6.04. The number of anilines is 1. The molecule has 158 valence electrons. The predicted molar refractivity (Wildman–Crippen MR) is 122 cm³/mol. The molecule has 0 spiro atoms. The van der Waals surface area contributed by atoms with E-state index in [4.69, 9.17) is 16.6 Å². The molecule has 3 heterocycles. The largest absolute Gasteiger partial charge is 0.347 e. The van der Waals surface area contributed by atoms with Gasteiger partial charge in [0, 0.05) is 55.7 Å². The number of hydrogen-bond acceptors (Lipinski definition) is 5. The van der Waals surface area contributed by atoms with Crippen molar-refractivity contribution in [1.82, 2.24) is 24.6 Å². The smallest absolute Gasteiger partial charge is 0.225 e. The van der Waals surface area contributed by atoms with Crippen molar-refractivity contribution in [3.63, 3.8) is 0 Å². The van der Waals surface area contributed by atoms with Crippen molar-refractivity contribution >= 4 is 17.5 Å². The molecule has 1 atom stereocenters. The van der Waals surface area contributed by atoms with Gasteiger partial charge >= 0.3 is 0 Å². The normalized spacial score (nSPS) is 16.9. The Kier molecular flexibility index (Phi) is 6.06. The number of hydrogen-bond donors (Lipinski definition) is 0. The highest BCUT2D eigenvalue weighted by molar-refractivity contribution is 6.30. The summed E-state index contributed by atoms with van der Waals surface area (Å²) in [7, 11) is 3.96. The number of likely N-dealkylation sites (tertiary alicyclic amines) is 1. The summed E-state index contributed by atoms with van der Waals surface area (Å²) >= 11 is 6.12. The van der Waals surface area contributed by atoms with Gasteiger partial charge in [0.25, 0.3) is 0 Å². The van der Waals surface area contributed by atoms with E-state index < -0.39 is 0 Å². The zero-order valence-corrected chi connectivity index (χ0v) is 18.9. The lowest BCUT2D eigenvalue weighted by atomic mass is 9.99. The number of nitrogens with zero attached hydrogens (tertiary/aromatic N) is 6. The Bertz CT molecular complexity index is 1010. The minimum atomic E-state index is 0.252. The van der Waals surface area contributed by atoms with Crippen LogP contribution in [0.15, 0.2) is 36.7 Å². The highest BCUT2D eigenvalue weighted by Gasteiger charge is 2.31. The van der Waals surface area contributed by atoms with Crippen molar-refractivity contribution < 1.29 is 0 Å². The van der Waals surface area contributed by atoms with Crippen LogP contribution in [0.2, 0.25) is 5.02 Å². The first-order chi connectivity index (χ1) is 14.5. The molecular formula is C23H29ClN6. The van der Waals surface area contributed by atoms with E-state index >= 15 is 0 Å². The zero-order valence-electron chi connectivity index (χ0n) is 18.1. The van der Waals surface area contributed by atoms with Crippen LogP contribution in [0.1, 0.15) is 42.8 Å². The van der Waals surface area contributed by atoms with Crippen LogP contribution < -0.4 is 4.90 Å². The summed E-state index contributed by atoms with van der Waals surface area (Å²) in [5.74, 6) is 0.740. The van der Waals surface area contributed by atoms with Crippen molar-refractivity contribution in [2.45, 2.75) is 45.8 Å². The van der Waals surface area contributed by atoms with E-state index in [1.165, 1.54) is 5.56 Å². The predicted octanol–water partition coefficient (Wildman–Crippen LogP) is 4.72. The lowest BCUT2D eigenvalue weighted by Gasteiger charge is -2.26. The number of rotatable bonds is 6. The molecule has 1 saturated heterocycles. The summed E-state index contributed by atoms with van der Waals surface area (Å²) in [4.78, 5) is 14.1. The third-order valence-electron chi connectivity index (χ3n) is 5.79. The Morgan fingerprint density at radius 3 is 2.63 bits per heavy atom.